The molecule has 4 rings (SSSR count). The van der Waals surface area contributed by atoms with E-state index in [1.165, 1.54) is 6.42 Å². The zero-order valence-electron chi connectivity index (χ0n) is 16.3. The molecule has 0 N–H and O–H groups in total. The third kappa shape index (κ3) is 2.96. The van der Waals surface area contributed by atoms with E-state index in [2.05, 4.69) is 10.6 Å². The number of anilines is 1. The van der Waals surface area contributed by atoms with Crippen LogP contribution in [0.2, 0.25) is 0 Å². The van der Waals surface area contributed by atoms with Gasteiger partial charge in [0.25, 0.3) is 0 Å². The van der Waals surface area contributed by atoms with Crippen molar-refractivity contribution in [1.82, 2.24) is 4.57 Å². The summed E-state index contributed by atoms with van der Waals surface area (Å²) in [6.07, 6.45) is 5.11. The van der Waals surface area contributed by atoms with Crippen molar-refractivity contribution in [3.05, 3.63) is 48.0 Å². The zero-order chi connectivity index (χ0) is 19.8. The Morgan fingerprint density at radius 1 is 1.21 bits per heavy atom. The van der Waals surface area contributed by atoms with Gasteiger partial charge in [0.2, 0.25) is 0 Å². The molecular formula is C22H23N3O2S. The highest BCUT2D eigenvalue weighted by atomic mass is 32.2. The third-order valence-corrected chi connectivity index (χ3v) is 6.64. The van der Waals surface area contributed by atoms with Crippen molar-refractivity contribution in [3.8, 4) is 23.1 Å². The monoisotopic (exact) mass is 393 g/mol. The van der Waals surface area contributed by atoms with Crippen LogP contribution in [-0.2, 0) is 11.0 Å². The highest BCUT2D eigenvalue weighted by Crippen LogP contribution is 2.43. The number of hydrogen-bond acceptors (Lipinski definition) is 3. The second-order valence-corrected chi connectivity index (χ2v) is 8.54. The van der Waals surface area contributed by atoms with Gasteiger partial charge in [-0.3, -0.25) is 4.31 Å². The van der Waals surface area contributed by atoms with Gasteiger partial charge < -0.3 is 9.30 Å². The Kier molecular flexibility index (Phi) is 4.86. The Hall–Kier alpha value is -2.78. The van der Waals surface area contributed by atoms with E-state index in [1.807, 2.05) is 49.5 Å². The molecule has 1 atom stereocenters. The number of benzene rings is 2. The van der Waals surface area contributed by atoms with Crippen molar-refractivity contribution in [2.75, 3.05) is 24.7 Å². The highest BCUT2D eigenvalue weighted by Gasteiger charge is 2.28. The normalized spacial score (nSPS) is 15.1. The molecular weight excluding hydrogens is 370 g/mol. The molecule has 1 unspecified atom stereocenters. The van der Waals surface area contributed by atoms with Crippen molar-refractivity contribution in [1.29, 1.82) is 5.26 Å². The first-order valence-corrected chi connectivity index (χ1v) is 10.9. The van der Waals surface area contributed by atoms with E-state index in [9.17, 15) is 9.47 Å². The number of ether oxygens (including phenoxy) is 1. The first-order chi connectivity index (χ1) is 13.5. The second kappa shape index (κ2) is 7.33. The predicted octanol–water partition coefficient (Wildman–Crippen LogP) is 4.64. The largest absolute Gasteiger partial charge is 0.497 e. The Morgan fingerprint density at radius 3 is 2.46 bits per heavy atom. The quantitative estimate of drug-likeness (QED) is 0.634. The van der Waals surface area contributed by atoms with E-state index >= 15 is 0 Å². The molecule has 1 fully saturated rings. The number of rotatable bonds is 5. The summed E-state index contributed by atoms with van der Waals surface area (Å²) in [7, 11) is 2.40. The van der Waals surface area contributed by atoms with Crippen LogP contribution in [0.4, 0.5) is 5.69 Å². The standard InChI is InChI=1S/C22H23N3O2S/c1-24(28(3)26)16-9-7-15(8-10-16)22-20(14-23)19-12-11-18(27-2)13-21(19)25(22)17-5-4-6-17/h7-13,17H,4-6H2,1-3H3. The molecule has 144 valence electrons. The summed E-state index contributed by atoms with van der Waals surface area (Å²) in [6, 6.07) is 16.7. The summed E-state index contributed by atoms with van der Waals surface area (Å²) in [4.78, 5) is 0. The van der Waals surface area contributed by atoms with Gasteiger partial charge in [0.1, 0.15) is 22.8 Å². The number of nitriles is 1. The average molecular weight is 394 g/mol. The molecule has 1 aliphatic carbocycles. The lowest BCUT2D eigenvalue weighted by atomic mass is 9.92. The lowest BCUT2D eigenvalue weighted by Gasteiger charge is -2.30. The third-order valence-electron chi connectivity index (χ3n) is 5.65. The molecule has 0 radical (unpaired) electrons. The van der Waals surface area contributed by atoms with Gasteiger partial charge >= 0.3 is 0 Å². The lowest BCUT2D eigenvalue weighted by molar-refractivity contribution is 0.324. The van der Waals surface area contributed by atoms with Gasteiger partial charge in [-0.15, -0.1) is 0 Å². The fraction of sp³-hybridized carbons (Fsp3) is 0.318. The minimum atomic E-state index is -1.08. The predicted molar refractivity (Wildman–Crippen MR) is 114 cm³/mol. The minimum Gasteiger partial charge on any atom is -0.497 e. The first kappa shape index (κ1) is 18.6. The topological polar surface area (TPSA) is 58.3 Å². The van der Waals surface area contributed by atoms with Gasteiger partial charge in [-0.1, -0.05) is 12.1 Å². The number of aromatic nitrogens is 1. The molecule has 0 aliphatic heterocycles. The first-order valence-electron chi connectivity index (χ1n) is 9.35. The molecule has 1 saturated carbocycles. The molecule has 6 heteroatoms. The fourth-order valence-corrected chi connectivity index (χ4v) is 4.23. The number of hydrogen-bond donors (Lipinski definition) is 0. The van der Waals surface area contributed by atoms with Crippen LogP contribution in [0.25, 0.3) is 22.2 Å². The van der Waals surface area contributed by atoms with Crippen LogP contribution >= 0.6 is 0 Å². The van der Waals surface area contributed by atoms with Crippen LogP contribution in [-0.4, -0.2) is 29.2 Å². The van der Waals surface area contributed by atoms with Crippen molar-refractivity contribution in [3.63, 3.8) is 0 Å². The van der Waals surface area contributed by atoms with Crippen LogP contribution in [0, 0.1) is 11.3 Å². The van der Waals surface area contributed by atoms with Gasteiger partial charge in [0, 0.05) is 36.5 Å². The van der Waals surface area contributed by atoms with Crippen LogP contribution in [0.15, 0.2) is 42.5 Å². The summed E-state index contributed by atoms with van der Waals surface area (Å²) in [5, 5.41) is 10.9. The highest BCUT2D eigenvalue weighted by molar-refractivity contribution is 7.85. The van der Waals surface area contributed by atoms with E-state index in [0.29, 0.717) is 11.6 Å². The van der Waals surface area contributed by atoms with E-state index in [1.54, 1.807) is 17.7 Å². The summed E-state index contributed by atoms with van der Waals surface area (Å²) in [5.74, 6) is 0.795. The molecule has 0 amide bonds. The van der Waals surface area contributed by atoms with E-state index in [-0.39, 0.29) is 0 Å². The van der Waals surface area contributed by atoms with E-state index in [0.717, 1.165) is 46.4 Å². The Morgan fingerprint density at radius 2 is 1.93 bits per heavy atom. The molecule has 5 nitrogen and oxygen atoms in total. The lowest BCUT2D eigenvalue weighted by Crippen LogP contribution is -2.19. The Labute approximate surface area is 167 Å². The zero-order valence-corrected chi connectivity index (χ0v) is 17.1. The second-order valence-electron chi connectivity index (χ2n) is 7.14. The molecule has 3 aromatic rings. The van der Waals surface area contributed by atoms with Crippen molar-refractivity contribution in [2.45, 2.75) is 25.3 Å². The number of fused-ring (bicyclic) bond motifs is 1. The van der Waals surface area contributed by atoms with E-state index < -0.39 is 11.0 Å². The SMILES string of the molecule is COc1ccc2c(C#N)c(-c3ccc(N(C)S(C)=O)cc3)n(C3CCC3)c2c1. The van der Waals surface area contributed by atoms with Gasteiger partial charge in [-0.05, 0) is 49.1 Å². The smallest absolute Gasteiger partial charge is 0.120 e. The number of nitrogens with zero attached hydrogens (tertiary/aromatic N) is 3. The average Bonchev–Trinajstić information content (AvgIpc) is 2.99. The van der Waals surface area contributed by atoms with Gasteiger partial charge in [-0.2, -0.15) is 5.26 Å². The summed E-state index contributed by atoms with van der Waals surface area (Å²) >= 11 is 0. The number of methoxy groups -OCH3 is 1. The maximum absolute atomic E-state index is 11.7. The molecule has 1 aromatic heterocycles. The molecule has 0 bridgehead atoms. The summed E-state index contributed by atoms with van der Waals surface area (Å²) in [6.45, 7) is 0. The maximum atomic E-state index is 11.7. The summed E-state index contributed by atoms with van der Waals surface area (Å²) < 4.78 is 21.2. The fourth-order valence-electron chi connectivity index (χ4n) is 3.82. The van der Waals surface area contributed by atoms with Crippen molar-refractivity contribution < 1.29 is 8.95 Å². The van der Waals surface area contributed by atoms with E-state index in [4.69, 9.17) is 4.74 Å². The van der Waals surface area contributed by atoms with Crippen molar-refractivity contribution >= 4 is 27.6 Å². The molecule has 0 saturated heterocycles. The molecule has 1 aliphatic rings. The molecule has 28 heavy (non-hydrogen) atoms. The Bertz CT molecular complexity index is 1090. The van der Waals surface area contributed by atoms with Crippen LogP contribution in [0.5, 0.6) is 5.75 Å². The molecule has 1 heterocycles. The van der Waals surface area contributed by atoms with Gasteiger partial charge in [0.05, 0.1) is 23.9 Å². The molecule has 0 spiro atoms. The van der Waals surface area contributed by atoms with Gasteiger partial charge in [0.15, 0.2) is 0 Å². The van der Waals surface area contributed by atoms with Crippen LogP contribution in [0.1, 0.15) is 30.9 Å². The maximum Gasteiger partial charge on any atom is 0.120 e. The van der Waals surface area contributed by atoms with Crippen LogP contribution < -0.4 is 9.04 Å². The van der Waals surface area contributed by atoms with Gasteiger partial charge in [-0.25, -0.2) is 4.21 Å². The van der Waals surface area contributed by atoms with Crippen molar-refractivity contribution in [2.24, 2.45) is 0 Å². The summed E-state index contributed by atoms with van der Waals surface area (Å²) in [5.41, 5.74) is 4.59. The minimum absolute atomic E-state index is 0.400. The van der Waals surface area contributed by atoms with Crippen LogP contribution in [0.3, 0.4) is 0 Å². The molecule has 2 aromatic carbocycles. The Balaban J connectivity index is 1.93.